The fraction of sp³-hybridized carbons (Fsp3) is 0.438. The number of carbonyl (C=O) groups excluding carboxylic acids is 1. The molecule has 6 nitrogen and oxygen atoms in total. The van der Waals surface area contributed by atoms with Crippen molar-refractivity contribution in [2.75, 3.05) is 5.73 Å². The molecule has 2 aromatic rings. The summed E-state index contributed by atoms with van der Waals surface area (Å²) in [6.45, 7) is 1.70. The van der Waals surface area contributed by atoms with Gasteiger partial charge in [-0.25, -0.2) is 9.97 Å². The molecule has 0 unspecified atom stereocenters. The molecule has 7 heteroatoms. The number of anilines is 1. The Hall–Kier alpha value is -1.82. The second kappa shape index (κ2) is 5.09. The first-order valence-corrected chi connectivity index (χ1v) is 8.71. The van der Waals surface area contributed by atoms with Crippen molar-refractivity contribution in [2.45, 2.75) is 44.2 Å². The van der Waals surface area contributed by atoms with E-state index in [2.05, 4.69) is 39.4 Å². The van der Waals surface area contributed by atoms with Crippen LogP contribution >= 0.6 is 22.6 Å². The number of nitrogens with zero attached hydrogens (tertiary/aromatic N) is 4. The third-order valence-corrected chi connectivity index (χ3v) is 5.77. The maximum Gasteiger partial charge on any atom is 0.299 e. The minimum Gasteiger partial charge on any atom is -0.382 e. The minimum atomic E-state index is -0.369. The number of aromatic nitrogens is 3. The number of fused-ring (bicyclic) bond motifs is 3. The van der Waals surface area contributed by atoms with E-state index in [1.54, 1.807) is 13.1 Å². The molecule has 1 amide bonds. The number of hydrogen-bond donors (Lipinski definition) is 1. The lowest BCUT2D eigenvalue weighted by Gasteiger charge is -2.32. The predicted octanol–water partition coefficient (Wildman–Crippen LogP) is 1.92. The lowest BCUT2D eigenvalue weighted by molar-refractivity contribution is -0.129. The largest absolute Gasteiger partial charge is 0.382 e. The lowest BCUT2D eigenvalue weighted by Crippen LogP contribution is -2.43. The molecular formula is C16H16IN5O. The van der Waals surface area contributed by atoms with Gasteiger partial charge < -0.3 is 10.6 Å². The van der Waals surface area contributed by atoms with Crippen molar-refractivity contribution in [3.05, 3.63) is 21.9 Å². The van der Waals surface area contributed by atoms with Crippen LogP contribution in [0.15, 0.2) is 12.4 Å². The van der Waals surface area contributed by atoms with Crippen molar-refractivity contribution in [1.29, 1.82) is 0 Å². The highest BCUT2D eigenvalue weighted by atomic mass is 127. The van der Waals surface area contributed by atoms with E-state index >= 15 is 0 Å². The Labute approximate surface area is 147 Å². The Morgan fingerprint density at radius 2 is 2.22 bits per heavy atom. The first kappa shape index (κ1) is 14.8. The molecule has 2 N–H and O–H groups in total. The van der Waals surface area contributed by atoms with Crippen LogP contribution in [0.1, 0.15) is 38.4 Å². The van der Waals surface area contributed by atoms with Gasteiger partial charge in [-0.2, -0.15) is 0 Å². The number of nitrogen functional groups attached to an aromatic ring is 1. The van der Waals surface area contributed by atoms with Crippen LogP contribution < -0.4 is 5.73 Å². The summed E-state index contributed by atoms with van der Waals surface area (Å²) in [6, 6.07) is 0.271. The maximum absolute atomic E-state index is 12.6. The molecule has 2 bridgehead atoms. The molecule has 0 atom stereocenters. The number of hydrogen-bond acceptors (Lipinski definition) is 4. The molecule has 0 radical (unpaired) electrons. The molecule has 0 saturated carbocycles. The van der Waals surface area contributed by atoms with Gasteiger partial charge in [0.05, 0.1) is 0 Å². The van der Waals surface area contributed by atoms with E-state index in [-0.39, 0.29) is 17.5 Å². The molecule has 2 fully saturated rings. The Balaban J connectivity index is 1.94. The molecule has 23 heavy (non-hydrogen) atoms. The standard InChI is InChI=1S/C16H16IN5O/c1-2-3-11(23)22-10-4-6-16(22,7-5-10)15-20-13(17)12-14(18)19-8-9-21(12)15/h8-10H,4-7H2,1H3,(H2,18,19). The highest BCUT2D eigenvalue weighted by molar-refractivity contribution is 14.1. The van der Waals surface area contributed by atoms with Crippen LogP contribution in [0.25, 0.3) is 5.52 Å². The molecule has 2 aliphatic rings. The molecular weight excluding hydrogens is 405 g/mol. The summed E-state index contributed by atoms with van der Waals surface area (Å²) in [5, 5.41) is 0. The van der Waals surface area contributed by atoms with Crippen LogP contribution in [0.4, 0.5) is 5.82 Å². The number of halogens is 1. The van der Waals surface area contributed by atoms with Gasteiger partial charge in [-0.3, -0.25) is 9.20 Å². The summed E-state index contributed by atoms with van der Waals surface area (Å²) in [7, 11) is 0. The number of nitrogens with two attached hydrogens (primary N) is 1. The van der Waals surface area contributed by atoms with Gasteiger partial charge in [0, 0.05) is 18.4 Å². The van der Waals surface area contributed by atoms with Gasteiger partial charge in [0.25, 0.3) is 5.91 Å². The van der Waals surface area contributed by atoms with E-state index in [4.69, 9.17) is 10.7 Å². The highest BCUT2D eigenvalue weighted by Crippen LogP contribution is 2.52. The normalized spacial score (nSPS) is 25.7. The van der Waals surface area contributed by atoms with Gasteiger partial charge in [-0.1, -0.05) is 5.92 Å². The van der Waals surface area contributed by atoms with Crippen molar-refractivity contribution in [2.24, 2.45) is 0 Å². The van der Waals surface area contributed by atoms with Crippen LogP contribution in [-0.2, 0) is 10.3 Å². The van der Waals surface area contributed by atoms with Gasteiger partial charge in [0.2, 0.25) is 0 Å². The first-order chi connectivity index (χ1) is 11.1. The van der Waals surface area contributed by atoms with Gasteiger partial charge in [0.15, 0.2) is 5.82 Å². The molecule has 2 saturated heterocycles. The molecule has 118 valence electrons. The topological polar surface area (TPSA) is 76.5 Å². The van der Waals surface area contributed by atoms with Crippen molar-refractivity contribution in [3.8, 4) is 11.8 Å². The molecule has 2 aliphatic heterocycles. The van der Waals surface area contributed by atoms with Crippen LogP contribution in [0.3, 0.4) is 0 Å². The zero-order chi connectivity index (χ0) is 16.2. The molecule has 0 spiro atoms. The average molecular weight is 421 g/mol. The van der Waals surface area contributed by atoms with E-state index in [0.29, 0.717) is 5.82 Å². The lowest BCUT2D eigenvalue weighted by atomic mass is 9.87. The molecule has 0 aliphatic carbocycles. The number of amides is 1. The molecule has 0 aromatic carbocycles. The maximum atomic E-state index is 12.6. The van der Waals surface area contributed by atoms with Crippen LogP contribution in [0.2, 0.25) is 0 Å². The predicted molar refractivity (Wildman–Crippen MR) is 94.3 cm³/mol. The van der Waals surface area contributed by atoms with Crippen molar-refractivity contribution in [1.82, 2.24) is 19.3 Å². The zero-order valence-corrected chi connectivity index (χ0v) is 14.9. The van der Waals surface area contributed by atoms with Crippen molar-refractivity contribution < 1.29 is 4.79 Å². The monoisotopic (exact) mass is 421 g/mol. The summed E-state index contributed by atoms with van der Waals surface area (Å²) in [5.41, 5.74) is 6.48. The summed E-state index contributed by atoms with van der Waals surface area (Å²) in [5.74, 6) is 6.70. The smallest absolute Gasteiger partial charge is 0.299 e. The third-order valence-electron chi connectivity index (χ3n) is 5.02. The van der Waals surface area contributed by atoms with Crippen LogP contribution in [-0.4, -0.2) is 31.2 Å². The van der Waals surface area contributed by atoms with E-state index in [0.717, 1.165) is 40.7 Å². The third kappa shape index (κ3) is 1.90. The van der Waals surface area contributed by atoms with Gasteiger partial charge >= 0.3 is 0 Å². The van der Waals surface area contributed by atoms with E-state index in [1.807, 2.05) is 15.5 Å². The highest BCUT2D eigenvalue weighted by Gasteiger charge is 2.56. The van der Waals surface area contributed by atoms with Gasteiger partial charge in [-0.15, -0.1) is 0 Å². The Morgan fingerprint density at radius 1 is 1.48 bits per heavy atom. The zero-order valence-electron chi connectivity index (χ0n) is 12.7. The van der Waals surface area contributed by atoms with Crippen molar-refractivity contribution in [3.63, 3.8) is 0 Å². The van der Waals surface area contributed by atoms with Crippen LogP contribution in [0, 0.1) is 15.5 Å². The Morgan fingerprint density at radius 3 is 2.91 bits per heavy atom. The Bertz CT molecular complexity index is 870. The summed E-state index contributed by atoms with van der Waals surface area (Å²) in [6.07, 6.45) is 7.41. The number of carbonyl (C=O) groups is 1. The minimum absolute atomic E-state index is 0.0960. The van der Waals surface area contributed by atoms with Gasteiger partial charge in [0.1, 0.15) is 20.6 Å². The quantitative estimate of drug-likeness (QED) is 0.564. The fourth-order valence-corrected chi connectivity index (χ4v) is 4.90. The summed E-state index contributed by atoms with van der Waals surface area (Å²) < 4.78 is 2.82. The summed E-state index contributed by atoms with van der Waals surface area (Å²) >= 11 is 2.19. The van der Waals surface area contributed by atoms with Gasteiger partial charge in [-0.05, 0) is 61.1 Å². The van der Waals surface area contributed by atoms with E-state index in [1.165, 1.54) is 0 Å². The molecule has 2 aromatic heterocycles. The Kier molecular flexibility index (Phi) is 3.27. The van der Waals surface area contributed by atoms with E-state index in [9.17, 15) is 4.79 Å². The SMILES string of the molecule is CC#CC(=O)N1C2CCC1(c1nc(I)c3c(N)nccn13)CC2. The number of rotatable bonds is 1. The molecule has 4 heterocycles. The molecule has 4 rings (SSSR count). The van der Waals surface area contributed by atoms with Crippen molar-refractivity contribution >= 4 is 39.8 Å². The fourth-order valence-electron chi connectivity index (χ4n) is 4.14. The number of imidazole rings is 1. The second-order valence-electron chi connectivity index (χ2n) is 6.07. The first-order valence-electron chi connectivity index (χ1n) is 7.63. The van der Waals surface area contributed by atoms with E-state index < -0.39 is 0 Å². The summed E-state index contributed by atoms with van der Waals surface area (Å²) in [4.78, 5) is 23.5. The second-order valence-corrected chi connectivity index (χ2v) is 7.09. The average Bonchev–Trinajstić information content (AvgIpc) is 3.18. The van der Waals surface area contributed by atoms with Crippen LogP contribution in [0.5, 0.6) is 0 Å².